The molecule has 1 aliphatic heterocycles. The number of carbonyl (C=O) groups is 1. The highest BCUT2D eigenvalue weighted by Gasteiger charge is 2.36. The number of ether oxygens (including phenoxy) is 1. The number of rotatable bonds is 5. The van der Waals surface area contributed by atoms with Gasteiger partial charge in [0.2, 0.25) is 0 Å². The number of carbonyl (C=O) groups excluding carboxylic acids is 1. The highest BCUT2D eigenvalue weighted by Crippen LogP contribution is 2.29. The van der Waals surface area contributed by atoms with Crippen LogP contribution < -0.4 is 4.74 Å². The number of amides is 1. The minimum absolute atomic E-state index is 0.190. The molecule has 1 amide bonds. The minimum atomic E-state index is -4.54. The van der Waals surface area contributed by atoms with Gasteiger partial charge in [0.05, 0.1) is 5.02 Å². The molecule has 152 valence electrons. The zero-order valence-corrected chi connectivity index (χ0v) is 16.0. The Morgan fingerprint density at radius 1 is 1.21 bits per heavy atom. The molecule has 0 N–H and O–H groups in total. The van der Waals surface area contributed by atoms with Crippen molar-refractivity contribution >= 4 is 17.5 Å². The Labute approximate surface area is 165 Å². The van der Waals surface area contributed by atoms with Crippen LogP contribution in [-0.4, -0.2) is 64.8 Å². The Morgan fingerprint density at radius 3 is 2.50 bits per heavy atom. The van der Waals surface area contributed by atoms with Gasteiger partial charge in [0.15, 0.2) is 5.69 Å². The van der Waals surface area contributed by atoms with Crippen LogP contribution in [0.4, 0.5) is 13.2 Å². The van der Waals surface area contributed by atoms with Gasteiger partial charge in [0.25, 0.3) is 5.91 Å². The van der Waals surface area contributed by atoms with Crippen molar-refractivity contribution in [1.29, 1.82) is 0 Å². The standard InChI is InChI=1S/C18H20ClF3N4O2/c1-24-16(18(20,21)22)12-14(23-24)17(27)26-8-6-25(7-9-26)10-11-28-15-5-3-2-4-13(15)19/h2-5,12H,6-11H2,1H3. The Hall–Kier alpha value is -2.26. The van der Waals surface area contributed by atoms with Crippen molar-refractivity contribution in [2.24, 2.45) is 7.05 Å². The van der Waals surface area contributed by atoms with Crippen molar-refractivity contribution in [3.8, 4) is 5.75 Å². The molecule has 10 heteroatoms. The number of aromatic nitrogens is 2. The Kier molecular flexibility index (Phi) is 6.14. The first-order valence-corrected chi connectivity index (χ1v) is 9.13. The molecule has 0 spiro atoms. The second-order valence-corrected chi connectivity index (χ2v) is 6.86. The van der Waals surface area contributed by atoms with Crippen LogP contribution in [0.25, 0.3) is 0 Å². The lowest BCUT2D eigenvalue weighted by Gasteiger charge is -2.34. The summed E-state index contributed by atoms with van der Waals surface area (Å²) in [5, 5.41) is 4.27. The maximum absolute atomic E-state index is 12.9. The summed E-state index contributed by atoms with van der Waals surface area (Å²) in [5.74, 6) is 0.131. The van der Waals surface area contributed by atoms with Crippen molar-refractivity contribution in [2.45, 2.75) is 6.18 Å². The predicted molar refractivity (Wildman–Crippen MR) is 97.5 cm³/mol. The molecule has 6 nitrogen and oxygen atoms in total. The number of alkyl halides is 3. The highest BCUT2D eigenvalue weighted by atomic mass is 35.5. The maximum Gasteiger partial charge on any atom is 0.433 e. The lowest BCUT2D eigenvalue weighted by Crippen LogP contribution is -2.49. The molecular formula is C18H20ClF3N4O2. The van der Waals surface area contributed by atoms with Gasteiger partial charge in [-0.1, -0.05) is 23.7 Å². The zero-order chi connectivity index (χ0) is 20.3. The van der Waals surface area contributed by atoms with Crippen LogP contribution in [0.15, 0.2) is 30.3 Å². The summed E-state index contributed by atoms with van der Waals surface area (Å²) in [4.78, 5) is 16.1. The monoisotopic (exact) mass is 416 g/mol. The van der Waals surface area contributed by atoms with Crippen molar-refractivity contribution < 1.29 is 22.7 Å². The third-order valence-corrected chi connectivity index (χ3v) is 4.86. The zero-order valence-electron chi connectivity index (χ0n) is 15.2. The van der Waals surface area contributed by atoms with Crippen LogP contribution in [0.2, 0.25) is 5.02 Å². The summed E-state index contributed by atoms with van der Waals surface area (Å²) < 4.78 is 45.0. The molecule has 0 bridgehead atoms. The van der Waals surface area contributed by atoms with Gasteiger partial charge >= 0.3 is 6.18 Å². The second kappa shape index (κ2) is 8.40. The summed E-state index contributed by atoms with van der Waals surface area (Å²) in [6.07, 6.45) is -4.54. The number of hydrogen-bond donors (Lipinski definition) is 0. The summed E-state index contributed by atoms with van der Waals surface area (Å²) in [6, 6.07) is 8.01. The summed E-state index contributed by atoms with van der Waals surface area (Å²) in [5.41, 5.74) is -1.13. The van der Waals surface area contributed by atoms with Gasteiger partial charge in [0.1, 0.15) is 18.1 Å². The van der Waals surface area contributed by atoms with E-state index in [0.29, 0.717) is 54.8 Å². The number of nitrogens with zero attached hydrogens (tertiary/aromatic N) is 4. The molecule has 0 aliphatic carbocycles. The average molecular weight is 417 g/mol. The fourth-order valence-electron chi connectivity index (χ4n) is 3.02. The second-order valence-electron chi connectivity index (χ2n) is 6.45. The van der Waals surface area contributed by atoms with Crippen LogP contribution in [0.3, 0.4) is 0 Å². The van der Waals surface area contributed by atoms with E-state index < -0.39 is 17.8 Å². The average Bonchev–Trinajstić information content (AvgIpc) is 3.05. The van der Waals surface area contributed by atoms with E-state index in [4.69, 9.17) is 16.3 Å². The first-order valence-electron chi connectivity index (χ1n) is 8.76. The normalized spacial score (nSPS) is 15.7. The van der Waals surface area contributed by atoms with Gasteiger partial charge < -0.3 is 9.64 Å². The number of benzene rings is 1. The Bertz CT molecular complexity index is 832. The molecule has 3 rings (SSSR count). The number of halogens is 4. The number of hydrogen-bond acceptors (Lipinski definition) is 4. The van der Waals surface area contributed by atoms with Gasteiger partial charge in [-0.05, 0) is 12.1 Å². The number of aryl methyl sites for hydroxylation is 1. The number of piperazine rings is 1. The van der Waals surface area contributed by atoms with E-state index >= 15 is 0 Å². The minimum Gasteiger partial charge on any atom is -0.491 e. The van der Waals surface area contributed by atoms with Crippen molar-refractivity contribution in [3.05, 3.63) is 46.7 Å². The SMILES string of the molecule is Cn1nc(C(=O)N2CCN(CCOc3ccccc3Cl)CC2)cc1C(F)(F)F. The van der Waals surface area contributed by atoms with Crippen LogP contribution in [0.5, 0.6) is 5.75 Å². The van der Waals surface area contributed by atoms with Gasteiger partial charge in [-0.2, -0.15) is 18.3 Å². The molecule has 0 atom stereocenters. The molecule has 1 fully saturated rings. The molecule has 0 saturated carbocycles. The van der Waals surface area contributed by atoms with Crippen molar-refractivity contribution in [1.82, 2.24) is 19.6 Å². The van der Waals surface area contributed by atoms with Gasteiger partial charge in [-0.25, -0.2) is 0 Å². The summed E-state index contributed by atoms with van der Waals surface area (Å²) in [7, 11) is 1.18. The Balaban J connectivity index is 1.48. The molecular weight excluding hydrogens is 397 g/mol. The van der Waals surface area contributed by atoms with Crippen LogP contribution in [-0.2, 0) is 13.2 Å². The van der Waals surface area contributed by atoms with E-state index in [1.165, 1.54) is 11.9 Å². The largest absolute Gasteiger partial charge is 0.491 e. The van der Waals surface area contributed by atoms with Crippen molar-refractivity contribution in [2.75, 3.05) is 39.3 Å². The Morgan fingerprint density at radius 2 is 1.89 bits per heavy atom. The molecule has 0 radical (unpaired) electrons. The molecule has 1 saturated heterocycles. The fourth-order valence-corrected chi connectivity index (χ4v) is 3.21. The van der Waals surface area contributed by atoms with Gasteiger partial charge in [-0.3, -0.25) is 14.4 Å². The van der Waals surface area contributed by atoms with Crippen LogP contribution in [0.1, 0.15) is 16.2 Å². The number of para-hydroxylation sites is 1. The van der Waals surface area contributed by atoms with Gasteiger partial charge in [0, 0.05) is 45.8 Å². The molecule has 1 aliphatic rings. The van der Waals surface area contributed by atoms with Gasteiger partial charge in [-0.15, -0.1) is 0 Å². The molecule has 2 aromatic rings. The smallest absolute Gasteiger partial charge is 0.433 e. The third kappa shape index (κ3) is 4.77. The van der Waals surface area contributed by atoms with E-state index in [1.807, 2.05) is 12.1 Å². The molecule has 0 unspecified atom stereocenters. The van der Waals surface area contributed by atoms with Crippen LogP contribution >= 0.6 is 11.6 Å². The lowest BCUT2D eigenvalue weighted by molar-refractivity contribution is -0.143. The topological polar surface area (TPSA) is 50.6 Å². The maximum atomic E-state index is 12.9. The predicted octanol–water partition coefficient (Wildman–Crippen LogP) is 2.93. The van der Waals surface area contributed by atoms with Crippen molar-refractivity contribution in [3.63, 3.8) is 0 Å². The first kappa shape index (κ1) is 20.5. The van der Waals surface area contributed by atoms with E-state index in [-0.39, 0.29) is 5.69 Å². The molecule has 1 aromatic heterocycles. The quantitative estimate of drug-likeness (QED) is 0.752. The molecule has 1 aromatic carbocycles. The summed E-state index contributed by atoms with van der Waals surface area (Å²) in [6.45, 7) is 3.17. The first-order chi connectivity index (χ1) is 13.3. The van der Waals surface area contributed by atoms with E-state index in [1.54, 1.807) is 12.1 Å². The molecule has 2 heterocycles. The van der Waals surface area contributed by atoms with E-state index in [2.05, 4.69) is 10.00 Å². The van der Waals surface area contributed by atoms with Crippen LogP contribution in [0, 0.1) is 0 Å². The third-order valence-electron chi connectivity index (χ3n) is 4.55. The molecule has 28 heavy (non-hydrogen) atoms. The highest BCUT2D eigenvalue weighted by molar-refractivity contribution is 6.32. The fraction of sp³-hybridized carbons (Fsp3) is 0.444. The van der Waals surface area contributed by atoms with E-state index in [9.17, 15) is 18.0 Å². The summed E-state index contributed by atoms with van der Waals surface area (Å²) >= 11 is 6.04. The lowest BCUT2D eigenvalue weighted by atomic mass is 10.2. The van der Waals surface area contributed by atoms with E-state index in [0.717, 1.165) is 6.07 Å².